The summed E-state index contributed by atoms with van der Waals surface area (Å²) < 4.78 is 5.26. The number of carbonyl (C=O) groups is 1. The molecule has 1 aromatic rings. The highest BCUT2D eigenvalue weighted by atomic mass is 32.1. The molecule has 5 heteroatoms. The van der Waals surface area contributed by atoms with Crippen molar-refractivity contribution in [3.63, 3.8) is 0 Å². The topological polar surface area (TPSA) is 64.3 Å². The second kappa shape index (κ2) is 4.81. The molecule has 1 atom stereocenters. The van der Waals surface area contributed by atoms with Crippen LogP contribution in [-0.2, 0) is 4.79 Å². The fourth-order valence-electron chi connectivity index (χ4n) is 2.16. The maximum Gasteiger partial charge on any atom is 0.228 e. The van der Waals surface area contributed by atoms with Gasteiger partial charge in [-0.3, -0.25) is 4.79 Å². The molecule has 0 heterocycles. The SMILES string of the molecule is COc1cccc(C(N)=S)c1NC(=O)C1CC1(C)C. The lowest BCUT2D eigenvalue weighted by Crippen LogP contribution is -2.20. The first-order valence-corrected chi connectivity index (χ1v) is 6.55. The Bertz CT molecular complexity index is 540. The zero-order valence-corrected chi connectivity index (χ0v) is 12.1. The van der Waals surface area contributed by atoms with E-state index >= 15 is 0 Å². The van der Waals surface area contributed by atoms with Crippen molar-refractivity contribution >= 4 is 28.8 Å². The fourth-order valence-corrected chi connectivity index (χ4v) is 2.33. The number of nitrogens with one attached hydrogen (secondary N) is 1. The van der Waals surface area contributed by atoms with Crippen LogP contribution in [0.2, 0.25) is 0 Å². The molecule has 1 fully saturated rings. The predicted octanol–water partition coefficient (Wildman–Crippen LogP) is 2.31. The van der Waals surface area contributed by atoms with E-state index in [0.29, 0.717) is 17.0 Å². The van der Waals surface area contributed by atoms with Crippen LogP contribution in [-0.4, -0.2) is 18.0 Å². The van der Waals surface area contributed by atoms with Crippen LogP contribution >= 0.6 is 12.2 Å². The largest absolute Gasteiger partial charge is 0.495 e. The molecule has 19 heavy (non-hydrogen) atoms. The third-order valence-electron chi connectivity index (χ3n) is 3.59. The fraction of sp³-hybridized carbons (Fsp3) is 0.429. The summed E-state index contributed by atoms with van der Waals surface area (Å²) in [5.41, 5.74) is 6.95. The Kier molecular flexibility index (Phi) is 3.49. The van der Waals surface area contributed by atoms with Crippen molar-refractivity contribution < 1.29 is 9.53 Å². The van der Waals surface area contributed by atoms with E-state index in [2.05, 4.69) is 19.2 Å². The molecule has 1 aromatic carbocycles. The van der Waals surface area contributed by atoms with E-state index in [9.17, 15) is 4.79 Å². The van der Waals surface area contributed by atoms with E-state index in [1.165, 1.54) is 0 Å². The molecule has 1 saturated carbocycles. The average molecular weight is 278 g/mol. The third kappa shape index (κ3) is 2.71. The summed E-state index contributed by atoms with van der Waals surface area (Å²) in [7, 11) is 1.55. The van der Waals surface area contributed by atoms with Gasteiger partial charge in [-0.2, -0.15) is 0 Å². The number of anilines is 1. The van der Waals surface area contributed by atoms with Gasteiger partial charge < -0.3 is 15.8 Å². The van der Waals surface area contributed by atoms with Gasteiger partial charge in [0.25, 0.3) is 0 Å². The highest BCUT2D eigenvalue weighted by molar-refractivity contribution is 7.80. The molecule has 4 nitrogen and oxygen atoms in total. The van der Waals surface area contributed by atoms with E-state index in [-0.39, 0.29) is 22.2 Å². The Morgan fingerprint density at radius 2 is 2.16 bits per heavy atom. The summed E-state index contributed by atoms with van der Waals surface area (Å²) in [4.78, 5) is 12.4. The summed E-state index contributed by atoms with van der Waals surface area (Å²) in [6, 6.07) is 5.35. The van der Waals surface area contributed by atoms with Gasteiger partial charge in [0.15, 0.2) is 0 Å². The van der Waals surface area contributed by atoms with Crippen molar-refractivity contribution in [2.75, 3.05) is 12.4 Å². The molecule has 1 aliphatic rings. The quantitative estimate of drug-likeness (QED) is 0.830. The van der Waals surface area contributed by atoms with Gasteiger partial charge in [-0.25, -0.2) is 0 Å². The second-order valence-electron chi connectivity index (χ2n) is 5.48. The van der Waals surface area contributed by atoms with Crippen LogP contribution in [0.4, 0.5) is 5.69 Å². The number of hydrogen-bond donors (Lipinski definition) is 2. The highest BCUT2D eigenvalue weighted by Crippen LogP contribution is 2.52. The molecule has 0 saturated heterocycles. The number of para-hydroxylation sites is 1. The first-order chi connectivity index (χ1) is 8.86. The van der Waals surface area contributed by atoms with Crippen molar-refractivity contribution in [1.82, 2.24) is 0 Å². The van der Waals surface area contributed by atoms with Gasteiger partial charge in [-0.15, -0.1) is 0 Å². The maximum atomic E-state index is 12.2. The number of thiocarbonyl (C=S) groups is 1. The molecule has 0 bridgehead atoms. The Morgan fingerprint density at radius 3 is 2.63 bits per heavy atom. The molecular formula is C14H18N2O2S. The lowest BCUT2D eigenvalue weighted by atomic mass is 10.1. The van der Waals surface area contributed by atoms with Crippen LogP contribution in [0.25, 0.3) is 0 Å². The van der Waals surface area contributed by atoms with Gasteiger partial charge >= 0.3 is 0 Å². The van der Waals surface area contributed by atoms with Crippen LogP contribution in [0, 0.1) is 11.3 Å². The van der Waals surface area contributed by atoms with E-state index < -0.39 is 0 Å². The first-order valence-electron chi connectivity index (χ1n) is 6.14. The van der Waals surface area contributed by atoms with Gasteiger partial charge in [0.1, 0.15) is 10.7 Å². The summed E-state index contributed by atoms with van der Waals surface area (Å²) in [5, 5.41) is 2.90. The summed E-state index contributed by atoms with van der Waals surface area (Å²) in [6.45, 7) is 4.15. The van der Waals surface area contributed by atoms with Crippen LogP contribution in [0.3, 0.4) is 0 Å². The van der Waals surface area contributed by atoms with Gasteiger partial charge in [0.05, 0.1) is 12.8 Å². The van der Waals surface area contributed by atoms with Crippen molar-refractivity contribution in [2.45, 2.75) is 20.3 Å². The number of benzene rings is 1. The molecule has 0 aromatic heterocycles. The molecular weight excluding hydrogens is 260 g/mol. The minimum Gasteiger partial charge on any atom is -0.495 e. The molecule has 2 rings (SSSR count). The minimum atomic E-state index is -0.00741. The maximum absolute atomic E-state index is 12.2. The van der Waals surface area contributed by atoms with Gasteiger partial charge in [-0.1, -0.05) is 32.1 Å². The highest BCUT2D eigenvalue weighted by Gasteiger charge is 2.50. The number of methoxy groups -OCH3 is 1. The van der Waals surface area contributed by atoms with E-state index in [0.717, 1.165) is 6.42 Å². The smallest absolute Gasteiger partial charge is 0.228 e. The van der Waals surface area contributed by atoms with E-state index in [1.807, 2.05) is 0 Å². The second-order valence-corrected chi connectivity index (χ2v) is 5.92. The molecule has 1 unspecified atom stereocenters. The normalized spacial score (nSPS) is 19.6. The molecule has 0 aliphatic heterocycles. The predicted molar refractivity (Wildman–Crippen MR) is 79.4 cm³/mol. The Morgan fingerprint density at radius 1 is 1.53 bits per heavy atom. The number of hydrogen-bond acceptors (Lipinski definition) is 3. The minimum absolute atomic E-state index is 0.00741. The standard InChI is InChI=1S/C14H18N2O2S/c1-14(2)7-9(14)13(17)16-11-8(12(15)19)5-4-6-10(11)18-3/h4-6,9H,7H2,1-3H3,(H2,15,19)(H,16,17). The third-order valence-corrected chi connectivity index (χ3v) is 3.81. The Balaban J connectivity index is 2.28. The van der Waals surface area contributed by atoms with Gasteiger partial charge in [0, 0.05) is 11.5 Å². The van der Waals surface area contributed by atoms with E-state index in [1.54, 1.807) is 25.3 Å². The molecule has 0 spiro atoms. The zero-order valence-electron chi connectivity index (χ0n) is 11.3. The number of amides is 1. The lowest BCUT2D eigenvalue weighted by Gasteiger charge is -2.14. The Labute approximate surface area is 118 Å². The molecule has 1 amide bonds. The van der Waals surface area contributed by atoms with Crippen molar-refractivity contribution in [3.8, 4) is 5.75 Å². The molecule has 1 aliphatic carbocycles. The van der Waals surface area contributed by atoms with Gasteiger partial charge in [0.2, 0.25) is 5.91 Å². The first kappa shape index (κ1) is 13.8. The average Bonchev–Trinajstić information content (AvgIpc) is 2.98. The van der Waals surface area contributed by atoms with Crippen LogP contribution in [0.5, 0.6) is 5.75 Å². The van der Waals surface area contributed by atoms with Crippen LogP contribution in [0.1, 0.15) is 25.8 Å². The summed E-state index contributed by atoms with van der Waals surface area (Å²) in [5.74, 6) is 0.598. The van der Waals surface area contributed by atoms with Crippen molar-refractivity contribution in [2.24, 2.45) is 17.1 Å². The van der Waals surface area contributed by atoms with Crippen molar-refractivity contribution in [1.29, 1.82) is 0 Å². The van der Waals surface area contributed by atoms with E-state index in [4.69, 9.17) is 22.7 Å². The molecule has 102 valence electrons. The number of rotatable bonds is 4. The molecule has 3 N–H and O–H groups in total. The van der Waals surface area contributed by atoms with Crippen molar-refractivity contribution in [3.05, 3.63) is 23.8 Å². The molecule has 0 radical (unpaired) electrons. The number of ether oxygens (including phenoxy) is 1. The Hall–Kier alpha value is -1.62. The number of nitrogens with two attached hydrogens (primary N) is 1. The van der Waals surface area contributed by atoms with Crippen LogP contribution in [0.15, 0.2) is 18.2 Å². The summed E-state index contributed by atoms with van der Waals surface area (Å²) >= 11 is 5.01. The number of carbonyl (C=O) groups excluding carboxylic acids is 1. The summed E-state index contributed by atoms with van der Waals surface area (Å²) in [6.07, 6.45) is 0.899. The zero-order chi connectivity index (χ0) is 14.2. The lowest BCUT2D eigenvalue weighted by molar-refractivity contribution is -0.118. The monoisotopic (exact) mass is 278 g/mol. The van der Waals surface area contributed by atoms with Gasteiger partial charge in [-0.05, 0) is 24.0 Å². The van der Waals surface area contributed by atoms with Crippen LogP contribution < -0.4 is 15.8 Å².